The summed E-state index contributed by atoms with van der Waals surface area (Å²) in [5.41, 5.74) is 1.61. The highest BCUT2D eigenvalue weighted by Crippen LogP contribution is 2.08. The van der Waals surface area contributed by atoms with E-state index in [-0.39, 0.29) is 18.5 Å². The van der Waals surface area contributed by atoms with Crippen molar-refractivity contribution in [2.45, 2.75) is 32.0 Å². The summed E-state index contributed by atoms with van der Waals surface area (Å²) in [5, 5.41) is 10.1. The zero-order chi connectivity index (χ0) is 23.1. The largest absolute Gasteiger partial charge is 0.350 e. The molecule has 4 N–H and O–H groups in total. The average molecular weight is 436 g/mol. The lowest BCUT2D eigenvalue weighted by Gasteiger charge is -2.22. The van der Waals surface area contributed by atoms with E-state index in [0.29, 0.717) is 5.56 Å². The summed E-state index contributed by atoms with van der Waals surface area (Å²) in [7, 11) is 0. The molecule has 1 aliphatic rings. The predicted molar refractivity (Wildman–Crippen MR) is 115 cm³/mol. The molecule has 2 aromatic carbocycles. The number of amides is 4. The summed E-state index contributed by atoms with van der Waals surface area (Å²) in [6.45, 7) is 1.11. The molecule has 0 spiro atoms. The van der Waals surface area contributed by atoms with E-state index in [1.165, 1.54) is 19.1 Å². The van der Waals surface area contributed by atoms with Crippen molar-refractivity contribution in [1.29, 1.82) is 0 Å². The van der Waals surface area contributed by atoms with Crippen LogP contribution in [0, 0.1) is 0 Å². The van der Waals surface area contributed by atoms with Crippen molar-refractivity contribution < 1.29 is 24.0 Å². The number of hydrogen-bond donors (Lipinski definition) is 4. The Bertz CT molecular complexity index is 1040. The third-order valence-corrected chi connectivity index (χ3v) is 4.96. The van der Waals surface area contributed by atoms with Crippen LogP contribution in [0.25, 0.3) is 0 Å². The van der Waals surface area contributed by atoms with E-state index in [1.54, 1.807) is 12.1 Å². The van der Waals surface area contributed by atoms with Gasteiger partial charge in [0.2, 0.25) is 23.5 Å². The van der Waals surface area contributed by atoms with E-state index in [4.69, 9.17) is 0 Å². The van der Waals surface area contributed by atoms with Crippen molar-refractivity contribution >= 4 is 29.4 Å². The molecule has 0 aliphatic carbocycles. The maximum absolute atomic E-state index is 12.9. The summed E-state index contributed by atoms with van der Waals surface area (Å²) in [6.07, 6.45) is 0.258. The molecule has 166 valence electrons. The van der Waals surface area contributed by atoms with Gasteiger partial charge in [0.25, 0.3) is 5.91 Å². The Kier molecular flexibility index (Phi) is 7.33. The molecule has 1 heterocycles. The van der Waals surface area contributed by atoms with Crippen LogP contribution < -0.4 is 21.3 Å². The van der Waals surface area contributed by atoms with Gasteiger partial charge in [-0.05, 0) is 24.1 Å². The van der Waals surface area contributed by atoms with Crippen molar-refractivity contribution in [2.24, 2.45) is 0 Å². The van der Waals surface area contributed by atoms with Crippen LogP contribution in [0.5, 0.6) is 0 Å². The Hall–Kier alpha value is -4.01. The van der Waals surface area contributed by atoms with Crippen LogP contribution in [0.2, 0.25) is 0 Å². The van der Waals surface area contributed by atoms with Crippen molar-refractivity contribution in [1.82, 2.24) is 21.3 Å². The topological polar surface area (TPSA) is 133 Å². The second-order valence-electron chi connectivity index (χ2n) is 7.47. The molecule has 32 heavy (non-hydrogen) atoms. The molecule has 9 heteroatoms. The highest BCUT2D eigenvalue weighted by atomic mass is 16.2. The predicted octanol–water partition coefficient (Wildman–Crippen LogP) is -0.152. The standard InChI is InChI=1S/C23H24N4O5/c1-14-21(30)27-18(11-15-6-3-2-4-7-15)22(31)24-12-16-8-5-9-17(10-16)20(29)23(32)25-13-19(28)26-14/h2-10,14,18H,11-13H2,1H3,(H,24,31)(H,25,32)(H,26,28)(H,27,30)/t14-,18+/m1/s1. The molecule has 2 bridgehead atoms. The van der Waals surface area contributed by atoms with Crippen molar-refractivity contribution in [3.8, 4) is 0 Å². The lowest BCUT2D eigenvalue weighted by atomic mass is 10.0. The number of nitrogens with one attached hydrogen (secondary N) is 4. The molecule has 0 fully saturated rings. The zero-order valence-corrected chi connectivity index (χ0v) is 17.5. The maximum atomic E-state index is 12.9. The van der Waals surface area contributed by atoms with Gasteiger partial charge in [-0.2, -0.15) is 0 Å². The highest BCUT2D eigenvalue weighted by Gasteiger charge is 2.25. The van der Waals surface area contributed by atoms with Gasteiger partial charge in [0, 0.05) is 18.5 Å². The normalized spacial score (nSPS) is 20.6. The molecule has 9 nitrogen and oxygen atoms in total. The number of fused-ring (bicyclic) bond motifs is 2. The molecule has 1 aliphatic heterocycles. The van der Waals surface area contributed by atoms with Gasteiger partial charge < -0.3 is 21.3 Å². The fraction of sp³-hybridized carbons (Fsp3) is 0.261. The Morgan fingerprint density at radius 2 is 1.56 bits per heavy atom. The zero-order valence-electron chi connectivity index (χ0n) is 17.5. The minimum Gasteiger partial charge on any atom is -0.350 e. The molecule has 2 aromatic rings. The molecule has 2 atom stereocenters. The Morgan fingerprint density at radius 3 is 2.31 bits per heavy atom. The number of rotatable bonds is 2. The summed E-state index contributed by atoms with van der Waals surface area (Å²) < 4.78 is 0. The van der Waals surface area contributed by atoms with Crippen LogP contribution in [0.15, 0.2) is 54.6 Å². The monoisotopic (exact) mass is 436 g/mol. The Balaban J connectivity index is 1.86. The number of hydrogen-bond acceptors (Lipinski definition) is 5. The number of carbonyl (C=O) groups excluding carboxylic acids is 5. The van der Waals surface area contributed by atoms with Crippen LogP contribution in [-0.2, 0) is 32.1 Å². The molecular formula is C23H24N4O5. The molecule has 0 radical (unpaired) electrons. The highest BCUT2D eigenvalue weighted by molar-refractivity contribution is 6.43. The van der Waals surface area contributed by atoms with Gasteiger partial charge in [-0.25, -0.2) is 0 Å². The van der Waals surface area contributed by atoms with Crippen molar-refractivity contribution in [3.05, 3.63) is 71.3 Å². The minimum absolute atomic E-state index is 0.106. The van der Waals surface area contributed by atoms with Crippen LogP contribution >= 0.6 is 0 Å². The number of carbonyl (C=O) groups is 5. The smallest absolute Gasteiger partial charge is 0.292 e. The van der Waals surface area contributed by atoms with E-state index in [9.17, 15) is 24.0 Å². The van der Waals surface area contributed by atoms with Gasteiger partial charge >= 0.3 is 0 Å². The van der Waals surface area contributed by atoms with Gasteiger partial charge in [0.15, 0.2) is 0 Å². The summed E-state index contributed by atoms with van der Waals surface area (Å²) in [4.78, 5) is 62.0. The molecule has 0 aromatic heterocycles. The number of ketones is 1. The van der Waals surface area contributed by atoms with Gasteiger partial charge in [0.05, 0.1) is 6.54 Å². The first-order chi connectivity index (χ1) is 15.3. The van der Waals surface area contributed by atoms with Gasteiger partial charge in [-0.1, -0.05) is 48.5 Å². The van der Waals surface area contributed by atoms with E-state index in [2.05, 4.69) is 21.3 Å². The van der Waals surface area contributed by atoms with Crippen LogP contribution in [0.1, 0.15) is 28.4 Å². The van der Waals surface area contributed by atoms with E-state index >= 15 is 0 Å². The lowest BCUT2D eigenvalue weighted by Crippen LogP contribution is -2.54. The third kappa shape index (κ3) is 6.00. The molecule has 0 unspecified atom stereocenters. The fourth-order valence-corrected chi connectivity index (χ4v) is 3.22. The SMILES string of the molecule is C[C@H]1NC(=O)CNC(=O)C(=O)c2cccc(c2)CNC(=O)[C@H](Cc2ccccc2)NC1=O. The average Bonchev–Trinajstić information content (AvgIpc) is 2.80. The van der Waals surface area contributed by atoms with Crippen LogP contribution in [0.4, 0.5) is 0 Å². The number of benzene rings is 2. The first-order valence-electron chi connectivity index (χ1n) is 10.2. The summed E-state index contributed by atoms with van der Waals surface area (Å²) >= 11 is 0. The third-order valence-electron chi connectivity index (χ3n) is 4.96. The van der Waals surface area contributed by atoms with Crippen LogP contribution in [-0.4, -0.2) is 48.0 Å². The second-order valence-corrected chi connectivity index (χ2v) is 7.47. The number of Topliss-reactive ketones (excluding diaryl/α,β-unsaturated/α-hetero) is 1. The minimum atomic E-state index is -0.957. The van der Waals surface area contributed by atoms with E-state index < -0.39 is 48.0 Å². The molecule has 4 amide bonds. The molecule has 0 saturated carbocycles. The van der Waals surface area contributed by atoms with Crippen molar-refractivity contribution in [2.75, 3.05) is 6.54 Å². The lowest BCUT2D eigenvalue weighted by molar-refractivity contribution is -0.132. The Morgan fingerprint density at radius 1 is 0.812 bits per heavy atom. The maximum Gasteiger partial charge on any atom is 0.292 e. The van der Waals surface area contributed by atoms with Gasteiger partial charge in [-0.3, -0.25) is 24.0 Å². The molecule has 0 saturated heterocycles. The quantitative estimate of drug-likeness (QED) is 0.486. The second kappa shape index (κ2) is 10.3. The first-order valence-corrected chi connectivity index (χ1v) is 10.2. The first kappa shape index (κ1) is 22.7. The van der Waals surface area contributed by atoms with Gasteiger partial charge in [0.1, 0.15) is 12.1 Å². The summed E-state index contributed by atoms with van der Waals surface area (Å²) in [5.74, 6) is -3.34. The van der Waals surface area contributed by atoms with Crippen LogP contribution in [0.3, 0.4) is 0 Å². The molecular weight excluding hydrogens is 412 g/mol. The Labute approximate surface area is 185 Å². The van der Waals surface area contributed by atoms with E-state index in [0.717, 1.165) is 5.56 Å². The molecule has 3 rings (SSSR count). The summed E-state index contributed by atoms with van der Waals surface area (Å²) in [6, 6.07) is 13.7. The fourth-order valence-electron chi connectivity index (χ4n) is 3.22. The van der Waals surface area contributed by atoms with E-state index in [1.807, 2.05) is 30.3 Å². The van der Waals surface area contributed by atoms with Crippen molar-refractivity contribution in [3.63, 3.8) is 0 Å². The van der Waals surface area contributed by atoms with Gasteiger partial charge in [-0.15, -0.1) is 0 Å².